The SMILES string of the molecule is COC(=O)c1c(NC(=O)[C@@H](C)Sc2ccc(NC(=O)/C(=C/c3ccc(-c4ccc(C)cc4)o3)NC(=O)c3ccccc3)cc2)sc2c1CC[C@H](c1ccccc1)C2. The van der Waals surface area contributed by atoms with Gasteiger partial charge in [0.15, 0.2) is 0 Å². The lowest BCUT2D eigenvalue weighted by Crippen LogP contribution is -2.30. The average Bonchev–Trinajstić information content (AvgIpc) is 3.85. The molecule has 3 amide bonds. The molecule has 0 saturated carbocycles. The molecule has 1 aliphatic carbocycles. The summed E-state index contributed by atoms with van der Waals surface area (Å²) < 4.78 is 11.2. The van der Waals surface area contributed by atoms with Crippen LogP contribution in [0.1, 0.15) is 67.3 Å². The molecule has 0 bridgehead atoms. The Balaban J connectivity index is 1.02. The van der Waals surface area contributed by atoms with Gasteiger partial charge < -0.3 is 25.1 Å². The summed E-state index contributed by atoms with van der Waals surface area (Å²) in [6.45, 7) is 3.81. The highest BCUT2D eigenvalue weighted by Gasteiger charge is 2.31. The van der Waals surface area contributed by atoms with Gasteiger partial charge in [-0.25, -0.2) is 4.79 Å². The summed E-state index contributed by atoms with van der Waals surface area (Å²) in [4.78, 5) is 55.2. The van der Waals surface area contributed by atoms with Crippen molar-refractivity contribution in [3.05, 3.63) is 165 Å². The monoisotopic (exact) mass is 795 g/mol. The van der Waals surface area contributed by atoms with E-state index in [1.165, 1.54) is 41.8 Å². The van der Waals surface area contributed by atoms with Gasteiger partial charge >= 0.3 is 5.97 Å². The number of furan rings is 1. The molecule has 0 aliphatic heterocycles. The Labute approximate surface area is 339 Å². The largest absolute Gasteiger partial charge is 0.465 e. The summed E-state index contributed by atoms with van der Waals surface area (Å²) in [7, 11) is 1.36. The number of carbonyl (C=O) groups excluding carboxylic acids is 4. The highest BCUT2D eigenvalue weighted by atomic mass is 32.2. The van der Waals surface area contributed by atoms with Crippen LogP contribution in [0.2, 0.25) is 0 Å². The van der Waals surface area contributed by atoms with Crippen molar-refractivity contribution in [2.75, 3.05) is 17.7 Å². The summed E-state index contributed by atoms with van der Waals surface area (Å²) in [5.41, 5.74) is 5.56. The Hall–Kier alpha value is -6.17. The van der Waals surface area contributed by atoms with Crippen LogP contribution >= 0.6 is 23.1 Å². The predicted octanol–water partition coefficient (Wildman–Crippen LogP) is 9.90. The maximum absolute atomic E-state index is 13.7. The number of fused-ring (bicyclic) bond motifs is 1. The van der Waals surface area contributed by atoms with E-state index in [1.807, 2.05) is 73.7 Å². The van der Waals surface area contributed by atoms with Crippen molar-refractivity contribution in [2.24, 2.45) is 0 Å². The fourth-order valence-corrected chi connectivity index (χ4v) is 8.86. The number of thiophene rings is 1. The van der Waals surface area contributed by atoms with Crippen molar-refractivity contribution in [2.45, 2.75) is 49.2 Å². The molecule has 0 unspecified atom stereocenters. The van der Waals surface area contributed by atoms with Gasteiger partial charge in [-0.2, -0.15) is 0 Å². The van der Waals surface area contributed by atoms with Gasteiger partial charge in [-0.1, -0.05) is 78.4 Å². The highest BCUT2D eigenvalue weighted by Crippen LogP contribution is 2.43. The first kappa shape index (κ1) is 39.1. The van der Waals surface area contributed by atoms with Crippen LogP contribution in [-0.2, 0) is 27.2 Å². The molecule has 3 N–H and O–H groups in total. The van der Waals surface area contributed by atoms with Crippen LogP contribution in [0.5, 0.6) is 0 Å². The second-order valence-electron chi connectivity index (χ2n) is 13.7. The Bertz CT molecular complexity index is 2420. The van der Waals surface area contributed by atoms with Crippen LogP contribution in [0.25, 0.3) is 17.4 Å². The van der Waals surface area contributed by atoms with E-state index >= 15 is 0 Å². The average molecular weight is 796 g/mol. The predicted molar refractivity (Wildman–Crippen MR) is 227 cm³/mol. The molecule has 288 valence electrons. The number of ether oxygens (including phenoxy) is 1. The van der Waals surface area contributed by atoms with Crippen LogP contribution in [0.4, 0.5) is 10.7 Å². The van der Waals surface area contributed by atoms with Crippen molar-refractivity contribution in [3.63, 3.8) is 0 Å². The minimum Gasteiger partial charge on any atom is -0.465 e. The standard InChI is InChI=1S/C46H41N3O6S2/c1-28-14-16-31(17-15-28)39-25-21-35(55-39)27-38(48-43(51)32-12-8-5-9-13-32)44(52)47-34-19-22-36(23-20-34)56-29(2)42(50)49-45-41(46(53)54-3)37-24-18-33(26-40(37)57-45)30-10-6-4-7-11-30/h4-17,19-23,25,27,29,33H,18,24,26H2,1-3H3,(H,47,52)(H,48,51)(H,49,50)/b38-27-/t29-,33+/m1/s1. The number of amides is 3. The zero-order valence-corrected chi connectivity index (χ0v) is 33.3. The van der Waals surface area contributed by atoms with Crippen LogP contribution in [0, 0.1) is 6.92 Å². The molecule has 4 aromatic carbocycles. The van der Waals surface area contributed by atoms with E-state index in [-0.39, 0.29) is 11.6 Å². The maximum atomic E-state index is 13.7. The molecule has 0 radical (unpaired) electrons. The molecule has 11 heteroatoms. The molecule has 2 aromatic heterocycles. The lowest BCUT2D eigenvalue weighted by Gasteiger charge is -2.22. The lowest BCUT2D eigenvalue weighted by atomic mass is 9.83. The van der Waals surface area contributed by atoms with Gasteiger partial charge in [-0.3, -0.25) is 14.4 Å². The normalized spacial score (nSPS) is 14.2. The Kier molecular flexibility index (Phi) is 12.2. The van der Waals surface area contributed by atoms with Crippen molar-refractivity contribution in [3.8, 4) is 11.3 Å². The van der Waals surface area contributed by atoms with Gasteiger partial charge in [0.25, 0.3) is 11.8 Å². The van der Waals surface area contributed by atoms with Crippen LogP contribution in [0.15, 0.2) is 136 Å². The number of hydrogen-bond acceptors (Lipinski definition) is 8. The number of carbonyl (C=O) groups is 4. The van der Waals surface area contributed by atoms with Gasteiger partial charge in [0, 0.05) is 32.7 Å². The molecular weight excluding hydrogens is 755 g/mol. The molecule has 6 aromatic rings. The zero-order chi connectivity index (χ0) is 39.9. The third-order valence-corrected chi connectivity index (χ3v) is 12.0. The zero-order valence-electron chi connectivity index (χ0n) is 31.7. The van der Waals surface area contributed by atoms with Crippen LogP contribution in [0.3, 0.4) is 0 Å². The number of thioether (sulfide) groups is 1. The highest BCUT2D eigenvalue weighted by molar-refractivity contribution is 8.00. The van der Waals surface area contributed by atoms with Crippen molar-refractivity contribution >= 4 is 63.6 Å². The van der Waals surface area contributed by atoms with E-state index in [9.17, 15) is 19.2 Å². The fraction of sp³-hybridized carbons (Fsp3) is 0.174. The van der Waals surface area contributed by atoms with Crippen LogP contribution in [-0.4, -0.2) is 36.1 Å². The van der Waals surface area contributed by atoms with Gasteiger partial charge in [0.05, 0.1) is 17.9 Å². The molecule has 1 aliphatic rings. The van der Waals surface area contributed by atoms with Gasteiger partial charge in [0.1, 0.15) is 22.2 Å². The number of esters is 1. The molecule has 57 heavy (non-hydrogen) atoms. The minimum absolute atomic E-state index is 0.00503. The van der Waals surface area contributed by atoms with Crippen molar-refractivity contribution < 1.29 is 28.3 Å². The molecule has 7 rings (SSSR count). The quantitative estimate of drug-likeness (QED) is 0.0640. The second kappa shape index (κ2) is 17.7. The second-order valence-corrected chi connectivity index (χ2v) is 16.2. The first-order valence-corrected chi connectivity index (χ1v) is 20.3. The summed E-state index contributed by atoms with van der Waals surface area (Å²) >= 11 is 2.80. The van der Waals surface area contributed by atoms with Gasteiger partial charge in [-0.05, 0) is 98.7 Å². The molecule has 0 spiro atoms. The Morgan fingerprint density at radius 3 is 2.26 bits per heavy atom. The van der Waals surface area contributed by atoms with Gasteiger partial charge in [-0.15, -0.1) is 23.1 Å². The number of anilines is 2. The van der Waals surface area contributed by atoms with Gasteiger partial charge in [0.2, 0.25) is 5.91 Å². The van der Waals surface area contributed by atoms with E-state index in [4.69, 9.17) is 9.15 Å². The summed E-state index contributed by atoms with van der Waals surface area (Å²) in [5.74, 6) is -0.323. The maximum Gasteiger partial charge on any atom is 0.341 e. The minimum atomic E-state index is -0.545. The number of methoxy groups -OCH3 is 1. The van der Waals surface area contributed by atoms with E-state index in [1.54, 1.807) is 49.4 Å². The first-order chi connectivity index (χ1) is 27.6. The molecule has 0 saturated heterocycles. The topological polar surface area (TPSA) is 127 Å². The van der Waals surface area contributed by atoms with E-state index in [0.29, 0.717) is 39.3 Å². The Morgan fingerprint density at radius 1 is 0.860 bits per heavy atom. The Morgan fingerprint density at radius 2 is 1.56 bits per heavy atom. The van der Waals surface area contributed by atoms with E-state index < -0.39 is 23.0 Å². The molecule has 0 fully saturated rings. The number of benzene rings is 4. The molecule has 2 atom stereocenters. The first-order valence-electron chi connectivity index (χ1n) is 18.6. The van der Waals surface area contributed by atoms with Crippen molar-refractivity contribution in [1.29, 1.82) is 0 Å². The molecule has 2 heterocycles. The van der Waals surface area contributed by atoms with Crippen LogP contribution < -0.4 is 16.0 Å². The lowest BCUT2D eigenvalue weighted by molar-refractivity contribution is -0.115. The van der Waals surface area contributed by atoms with E-state index in [2.05, 4.69) is 28.1 Å². The van der Waals surface area contributed by atoms with Crippen molar-refractivity contribution in [1.82, 2.24) is 5.32 Å². The summed E-state index contributed by atoms with van der Waals surface area (Å²) in [5, 5.41) is 8.63. The number of rotatable bonds is 12. The number of nitrogens with one attached hydrogen (secondary N) is 3. The molecular formula is C46H41N3O6S2. The summed E-state index contributed by atoms with van der Waals surface area (Å²) in [6.07, 6.45) is 3.93. The van der Waals surface area contributed by atoms with E-state index in [0.717, 1.165) is 45.7 Å². The fourth-order valence-electron chi connectivity index (χ4n) is 6.68. The smallest absolute Gasteiger partial charge is 0.341 e. The number of hydrogen-bond donors (Lipinski definition) is 3. The third-order valence-electron chi connectivity index (χ3n) is 9.74. The number of aryl methyl sites for hydroxylation is 1. The summed E-state index contributed by atoms with van der Waals surface area (Å²) in [6, 6.07) is 37.5. The molecule has 9 nitrogen and oxygen atoms in total. The third kappa shape index (κ3) is 9.45.